The Labute approximate surface area is 77.3 Å². The summed E-state index contributed by atoms with van der Waals surface area (Å²) in [5, 5.41) is 2.85. The SMILES string of the molecule is CCSC(=O)CCCNC(C)=O. The smallest absolute Gasteiger partial charge is 0.216 e. The van der Waals surface area contributed by atoms with E-state index in [1.165, 1.54) is 18.7 Å². The van der Waals surface area contributed by atoms with Crippen molar-refractivity contribution in [2.24, 2.45) is 0 Å². The molecule has 0 unspecified atom stereocenters. The summed E-state index contributed by atoms with van der Waals surface area (Å²) in [5.74, 6) is 0.796. The first-order valence-corrected chi connectivity index (χ1v) is 5.05. The van der Waals surface area contributed by atoms with Gasteiger partial charge in [-0.2, -0.15) is 0 Å². The number of nitrogens with one attached hydrogen (secondary N) is 1. The van der Waals surface area contributed by atoms with E-state index in [9.17, 15) is 9.59 Å². The molecule has 4 heteroatoms. The number of hydrogen-bond donors (Lipinski definition) is 1. The fourth-order valence-corrected chi connectivity index (χ4v) is 1.34. The predicted molar refractivity (Wildman–Crippen MR) is 51.1 cm³/mol. The summed E-state index contributed by atoms with van der Waals surface area (Å²) < 4.78 is 0. The van der Waals surface area contributed by atoms with Gasteiger partial charge in [0.2, 0.25) is 5.91 Å². The van der Waals surface area contributed by atoms with Gasteiger partial charge in [0.05, 0.1) is 0 Å². The van der Waals surface area contributed by atoms with Gasteiger partial charge in [-0.25, -0.2) is 0 Å². The molecule has 0 rings (SSSR count). The van der Waals surface area contributed by atoms with Crippen LogP contribution >= 0.6 is 11.8 Å². The molecule has 0 aromatic rings. The number of carbonyl (C=O) groups excluding carboxylic acids is 2. The average Bonchev–Trinajstić information content (AvgIpc) is 1.98. The summed E-state index contributed by atoms with van der Waals surface area (Å²) in [4.78, 5) is 21.4. The third-order valence-electron chi connectivity index (χ3n) is 1.24. The van der Waals surface area contributed by atoms with Crippen molar-refractivity contribution in [3.63, 3.8) is 0 Å². The summed E-state index contributed by atoms with van der Waals surface area (Å²) in [6, 6.07) is 0. The van der Waals surface area contributed by atoms with Crippen LogP contribution in [0.3, 0.4) is 0 Å². The minimum absolute atomic E-state index is 0.0365. The maximum atomic E-state index is 10.9. The van der Waals surface area contributed by atoms with E-state index in [0.29, 0.717) is 13.0 Å². The maximum absolute atomic E-state index is 10.9. The fraction of sp³-hybridized carbons (Fsp3) is 0.750. The first-order chi connectivity index (χ1) is 5.66. The molecule has 0 heterocycles. The van der Waals surface area contributed by atoms with E-state index >= 15 is 0 Å². The Morgan fingerprint density at radius 1 is 1.42 bits per heavy atom. The number of rotatable bonds is 5. The normalized spacial score (nSPS) is 9.50. The van der Waals surface area contributed by atoms with Crippen molar-refractivity contribution >= 4 is 22.8 Å². The molecule has 0 spiro atoms. The minimum Gasteiger partial charge on any atom is -0.356 e. The predicted octanol–water partition coefficient (Wildman–Crippen LogP) is 1.18. The molecule has 0 bridgehead atoms. The van der Waals surface area contributed by atoms with Crippen molar-refractivity contribution in [2.75, 3.05) is 12.3 Å². The highest BCUT2D eigenvalue weighted by Gasteiger charge is 1.99. The Kier molecular flexibility index (Phi) is 6.85. The van der Waals surface area contributed by atoms with Crippen LogP contribution in [0, 0.1) is 0 Å². The van der Waals surface area contributed by atoms with Crippen LogP contribution in [0.15, 0.2) is 0 Å². The van der Waals surface area contributed by atoms with E-state index in [2.05, 4.69) is 5.32 Å². The van der Waals surface area contributed by atoms with Crippen molar-refractivity contribution in [2.45, 2.75) is 26.7 Å². The van der Waals surface area contributed by atoms with E-state index in [0.717, 1.165) is 12.2 Å². The van der Waals surface area contributed by atoms with Crippen molar-refractivity contribution in [3.8, 4) is 0 Å². The highest BCUT2D eigenvalue weighted by molar-refractivity contribution is 8.13. The molecule has 0 aliphatic rings. The lowest BCUT2D eigenvalue weighted by molar-refractivity contribution is -0.119. The molecular weight excluding hydrogens is 174 g/mol. The highest BCUT2D eigenvalue weighted by Crippen LogP contribution is 2.05. The van der Waals surface area contributed by atoms with Crippen LogP contribution in [0.1, 0.15) is 26.7 Å². The standard InChI is InChI=1S/C8H15NO2S/c1-3-12-8(11)5-4-6-9-7(2)10/h3-6H2,1-2H3,(H,9,10). The number of thioether (sulfide) groups is 1. The van der Waals surface area contributed by atoms with Crippen LogP contribution in [0.2, 0.25) is 0 Å². The van der Waals surface area contributed by atoms with Gasteiger partial charge in [-0.05, 0) is 12.2 Å². The van der Waals surface area contributed by atoms with Gasteiger partial charge in [0.15, 0.2) is 5.12 Å². The van der Waals surface area contributed by atoms with E-state index in [4.69, 9.17) is 0 Å². The lowest BCUT2D eigenvalue weighted by Crippen LogP contribution is -2.21. The molecule has 0 saturated carbocycles. The Morgan fingerprint density at radius 3 is 2.58 bits per heavy atom. The highest BCUT2D eigenvalue weighted by atomic mass is 32.2. The molecule has 0 aromatic heterocycles. The molecule has 0 aliphatic heterocycles. The lowest BCUT2D eigenvalue weighted by Gasteiger charge is -2.00. The summed E-state index contributed by atoms with van der Waals surface area (Å²) in [5.41, 5.74) is 0. The van der Waals surface area contributed by atoms with Crippen LogP contribution in [-0.4, -0.2) is 23.3 Å². The van der Waals surface area contributed by atoms with Crippen molar-refractivity contribution in [1.82, 2.24) is 5.32 Å². The van der Waals surface area contributed by atoms with Crippen LogP contribution in [0.25, 0.3) is 0 Å². The molecule has 70 valence electrons. The topological polar surface area (TPSA) is 46.2 Å². The van der Waals surface area contributed by atoms with Crippen LogP contribution in [0.4, 0.5) is 0 Å². The monoisotopic (exact) mass is 189 g/mol. The first kappa shape index (κ1) is 11.5. The average molecular weight is 189 g/mol. The molecule has 0 fully saturated rings. The minimum atomic E-state index is -0.0365. The lowest BCUT2D eigenvalue weighted by atomic mass is 10.3. The van der Waals surface area contributed by atoms with Gasteiger partial charge in [-0.1, -0.05) is 18.7 Å². The maximum Gasteiger partial charge on any atom is 0.216 e. The zero-order valence-electron chi connectivity index (χ0n) is 7.55. The number of hydrogen-bond acceptors (Lipinski definition) is 3. The Morgan fingerprint density at radius 2 is 2.08 bits per heavy atom. The van der Waals surface area contributed by atoms with Gasteiger partial charge in [0.1, 0.15) is 0 Å². The zero-order chi connectivity index (χ0) is 9.40. The van der Waals surface area contributed by atoms with Gasteiger partial charge in [-0.15, -0.1) is 0 Å². The van der Waals surface area contributed by atoms with E-state index in [1.807, 2.05) is 6.92 Å². The Hall–Kier alpha value is -0.510. The van der Waals surface area contributed by atoms with Gasteiger partial charge < -0.3 is 5.32 Å². The Balaban J connectivity index is 3.19. The Bertz CT molecular complexity index is 159. The van der Waals surface area contributed by atoms with Crippen molar-refractivity contribution in [3.05, 3.63) is 0 Å². The number of amides is 1. The third-order valence-corrected chi connectivity index (χ3v) is 2.05. The first-order valence-electron chi connectivity index (χ1n) is 4.07. The van der Waals surface area contributed by atoms with Crippen LogP contribution < -0.4 is 5.32 Å². The van der Waals surface area contributed by atoms with Gasteiger partial charge in [0.25, 0.3) is 0 Å². The van der Waals surface area contributed by atoms with Gasteiger partial charge in [-0.3, -0.25) is 9.59 Å². The molecule has 3 nitrogen and oxygen atoms in total. The van der Waals surface area contributed by atoms with Gasteiger partial charge in [0, 0.05) is 19.9 Å². The summed E-state index contributed by atoms with van der Waals surface area (Å²) in [6.45, 7) is 4.03. The second kappa shape index (κ2) is 7.16. The van der Waals surface area contributed by atoms with Crippen LogP contribution in [-0.2, 0) is 9.59 Å². The number of carbonyl (C=O) groups is 2. The molecule has 0 aromatic carbocycles. The molecule has 0 saturated heterocycles. The zero-order valence-corrected chi connectivity index (χ0v) is 8.37. The molecule has 1 N–H and O–H groups in total. The second-order valence-corrected chi connectivity index (χ2v) is 3.71. The van der Waals surface area contributed by atoms with E-state index in [1.54, 1.807) is 0 Å². The molecular formula is C8H15NO2S. The van der Waals surface area contributed by atoms with Crippen molar-refractivity contribution in [1.29, 1.82) is 0 Å². The summed E-state index contributed by atoms with van der Waals surface area (Å²) in [6.07, 6.45) is 1.30. The summed E-state index contributed by atoms with van der Waals surface area (Å²) >= 11 is 1.34. The quantitative estimate of drug-likeness (QED) is 0.661. The molecule has 0 atom stereocenters. The van der Waals surface area contributed by atoms with Crippen molar-refractivity contribution < 1.29 is 9.59 Å². The van der Waals surface area contributed by atoms with Gasteiger partial charge >= 0.3 is 0 Å². The molecule has 0 aliphatic carbocycles. The second-order valence-electron chi connectivity index (χ2n) is 2.39. The molecule has 0 radical (unpaired) electrons. The molecule has 12 heavy (non-hydrogen) atoms. The molecule has 1 amide bonds. The van der Waals surface area contributed by atoms with Crippen LogP contribution in [0.5, 0.6) is 0 Å². The summed E-state index contributed by atoms with van der Waals surface area (Å²) in [7, 11) is 0. The van der Waals surface area contributed by atoms with E-state index < -0.39 is 0 Å². The largest absolute Gasteiger partial charge is 0.356 e. The van der Waals surface area contributed by atoms with E-state index in [-0.39, 0.29) is 11.0 Å². The third kappa shape index (κ3) is 7.60. The fourth-order valence-electron chi connectivity index (χ4n) is 0.730.